The number of aromatic hydroxyl groups is 2. The van der Waals surface area contributed by atoms with Gasteiger partial charge in [-0.1, -0.05) is 86.6 Å². The number of hydrogen-bond donors (Lipinski definition) is 5. The molecule has 2 aromatic carbocycles. The van der Waals surface area contributed by atoms with Gasteiger partial charge in [0.1, 0.15) is 11.5 Å². The summed E-state index contributed by atoms with van der Waals surface area (Å²) < 4.78 is 0. The maximum absolute atomic E-state index is 11.6. The molecule has 0 aliphatic rings. The molecule has 0 fully saturated rings. The molecule has 0 aromatic heterocycles. The predicted molar refractivity (Wildman–Crippen MR) is 170 cm³/mol. The summed E-state index contributed by atoms with van der Waals surface area (Å²) in [4.78, 5) is 23.1. The molecule has 2 amide bonds. The van der Waals surface area contributed by atoms with Crippen LogP contribution in [0.15, 0.2) is 24.3 Å². The quantitative estimate of drug-likeness (QED) is 0.249. The number of carbonyl (C=O) groups is 2. The van der Waals surface area contributed by atoms with Gasteiger partial charge in [-0.2, -0.15) is 0 Å². The average molecular weight is 570 g/mol. The lowest BCUT2D eigenvalue weighted by Crippen LogP contribution is -2.29. The molecule has 0 spiro atoms. The molecule has 2 aromatic rings. The van der Waals surface area contributed by atoms with Crippen LogP contribution in [0.25, 0.3) is 0 Å². The van der Waals surface area contributed by atoms with E-state index in [0.29, 0.717) is 43.7 Å². The molecule has 2 rings (SSSR count). The van der Waals surface area contributed by atoms with E-state index in [9.17, 15) is 19.8 Å². The van der Waals surface area contributed by atoms with Crippen molar-refractivity contribution in [2.75, 3.05) is 13.2 Å². The summed E-state index contributed by atoms with van der Waals surface area (Å²) in [5, 5.41) is 26.2. The smallest absolute Gasteiger partial charge is 0.221 e. The number of phenolic OH excluding ortho intramolecular Hbond substituents is 2. The molecule has 7 heteroatoms. The summed E-state index contributed by atoms with van der Waals surface area (Å²) in [5.74, 6) is 0.764. The summed E-state index contributed by atoms with van der Waals surface area (Å²) in [5.41, 5.74) is 10.7. The molecule has 0 saturated carbocycles. The van der Waals surface area contributed by atoms with Gasteiger partial charge in [-0.15, -0.1) is 0 Å². The first-order valence-electron chi connectivity index (χ1n) is 14.7. The van der Waals surface area contributed by atoms with Crippen LogP contribution in [0.4, 0.5) is 0 Å². The molecular weight excluding hydrogens is 514 g/mol. The van der Waals surface area contributed by atoms with Gasteiger partial charge >= 0.3 is 0 Å². The largest absolute Gasteiger partial charge is 0.507 e. The Morgan fingerprint density at radius 3 is 1.41 bits per heavy atom. The minimum atomic E-state index is -0.153. The van der Waals surface area contributed by atoms with E-state index in [1.54, 1.807) is 0 Å². The number of benzene rings is 2. The fourth-order valence-electron chi connectivity index (χ4n) is 4.56. The van der Waals surface area contributed by atoms with Crippen LogP contribution >= 0.6 is 0 Å². The van der Waals surface area contributed by atoms with Crippen LogP contribution < -0.4 is 16.4 Å². The molecule has 230 valence electrons. The van der Waals surface area contributed by atoms with E-state index in [1.165, 1.54) is 0 Å². The van der Waals surface area contributed by atoms with Crippen molar-refractivity contribution in [1.29, 1.82) is 0 Å². The molecule has 0 atom stereocenters. The van der Waals surface area contributed by atoms with Gasteiger partial charge in [0.15, 0.2) is 0 Å². The standard InChI is InChI=1S/C18H30N2O2.C16H25NO2/c1-17(2,3)13-9-12(7-8-15(21)20-11-19)10-14(16(13)22)18(4,5)6;1-6-17-14(18)8-7-12-9-11(2)15(19)13(10-12)16(3,4)5/h9-10,22H,7-8,11,19H2,1-6H3,(H,20,21);9-10,19H,6-8H2,1-5H3,(H,17,18). The van der Waals surface area contributed by atoms with Crippen LogP contribution in [0.2, 0.25) is 0 Å². The fraction of sp³-hybridized carbons (Fsp3) is 0.588. The van der Waals surface area contributed by atoms with Gasteiger partial charge < -0.3 is 26.6 Å². The van der Waals surface area contributed by atoms with Crippen molar-refractivity contribution in [3.05, 3.63) is 57.6 Å². The number of aryl methyl sites for hydroxylation is 3. The van der Waals surface area contributed by atoms with Crippen molar-refractivity contribution in [2.24, 2.45) is 5.73 Å². The average Bonchev–Trinajstić information content (AvgIpc) is 2.82. The van der Waals surface area contributed by atoms with Crippen LogP contribution in [-0.4, -0.2) is 35.2 Å². The topological polar surface area (TPSA) is 125 Å². The van der Waals surface area contributed by atoms with Crippen LogP contribution in [-0.2, 0) is 38.7 Å². The van der Waals surface area contributed by atoms with Gasteiger partial charge in [-0.05, 0) is 76.3 Å². The van der Waals surface area contributed by atoms with E-state index in [4.69, 9.17) is 5.73 Å². The van der Waals surface area contributed by atoms with Gasteiger partial charge in [0.2, 0.25) is 11.8 Å². The van der Waals surface area contributed by atoms with E-state index < -0.39 is 0 Å². The summed E-state index contributed by atoms with van der Waals surface area (Å²) in [6, 6.07) is 8.01. The Balaban J connectivity index is 0.000000414. The normalized spacial score (nSPS) is 11.9. The maximum Gasteiger partial charge on any atom is 0.221 e. The number of hydrogen-bond acceptors (Lipinski definition) is 5. The molecular formula is C34H55N3O4. The first-order chi connectivity index (χ1) is 18.7. The lowest BCUT2D eigenvalue weighted by atomic mass is 9.78. The third-order valence-corrected chi connectivity index (χ3v) is 6.91. The van der Waals surface area contributed by atoms with E-state index >= 15 is 0 Å². The molecule has 0 radical (unpaired) electrons. The second-order valence-electron chi connectivity index (χ2n) is 13.9. The lowest BCUT2D eigenvalue weighted by Gasteiger charge is -2.28. The summed E-state index contributed by atoms with van der Waals surface area (Å²) in [6.45, 7) is 23.4. The van der Waals surface area contributed by atoms with Crippen LogP contribution in [0, 0.1) is 6.92 Å². The molecule has 0 aliphatic heterocycles. The Morgan fingerprint density at radius 1 is 0.683 bits per heavy atom. The molecule has 0 aliphatic carbocycles. The number of phenols is 2. The Morgan fingerprint density at radius 2 is 1.05 bits per heavy atom. The highest BCUT2D eigenvalue weighted by Crippen LogP contribution is 2.40. The molecule has 0 bridgehead atoms. The van der Waals surface area contributed by atoms with E-state index in [1.807, 2.05) is 38.1 Å². The predicted octanol–water partition coefficient (Wildman–Crippen LogP) is 6.02. The Labute approximate surface area is 248 Å². The first-order valence-corrected chi connectivity index (χ1v) is 14.7. The van der Waals surface area contributed by atoms with Crippen molar-refractivity contribution < 1.29 is 19.8 Å². The number of nitrogens with one attached hydrogen (secondary N) is 2. The van der Waals surface area contributed by atoms with E-state index in [0.717, 1.165) is 33.4 Å². The highest BCUT2D eigenvalue weighted by molar-refractivity contribution is 5.76. The van der Waals surface area contributed by atoms with Crippen LogP contribution in [0.3, 0.4) is 0 Å². The SMILES string of the molecule is CC(C)(C)c1cc(CCC(=O)NCN)cc(C(C)(C)C)c1O.CCNC(=O)CCc1cc(C)c(O)c(C(C)(C)C)c1. The monoisotopic (exact) mass is 569 g/mol. The molecule has 0 saturated heterocycles. The highest BCUT2D eigenvalue weighted by Gasteiger charge is 2.26. The minimum Gasteiger partial charge on any atom is -0.507 e. The zero-order valence-corrected chi connectivity index (χ0v) is 27.3. The van der Waals surface area contributed by atoms with E-state index in [-0.39, 0.29) is 34.7 Å². The number of carbonyl (C=O) groups excluding carboxylic acids is 2. The van der Waals surface area contributed by atoms with Gasteiger partial charge in [0.05, 0.1) is 6.67 Å². The summed E-state index contributed by atoms with van der Waals surface area (Å²) in [6.07, 6.45) is 2.23. The number of nitrogens with two attached hydrogens (primary N) is 1. The summed E-state index contributed by atoms with van der Waals surface area (Å²) >= 11 is 0. The number of amides is 2. The number of rotatable bonds is 8. The second kappa shape index (κ2) is 14.7. The third-order valence-electron chi connectivity index (χ3n) is 6.91. The van der Waals surface area contributed by atoms with Gasteiger partial charge in [-0.3, -0.25) is 9.59 Å². The minimum absolute atomic E-state index is 0.0507. The van der Waals surface area contributed by atoms with Gasteiger partial charge in [-0.25, -0.2) is 0 Å². The molecule has 7 nitrogen and oxygen atoms in total. The first kappa shape index (κ1) is 36.0. The van der Waals surface area contributed by atoms with Crippen molar-refractivity contribution >= 4 is 11.8 Å². The molecule has 41 heavy (non-hydrogen) atoms. The van der Waals surface area contributed by atoms with Crippen molar-refractivity contribution in [3.63, 3.8) is 0 Å². The highest BCUT2D eigenvalue weighted by atomic mass is 16.3. The Kier molecular flexibility index (Phi) is 12.9. The second-order valence-corrected chi connectivity index (χ2v) is 13.9. The zero-order chi connectivity index (χ0) is 31.8. The van der Waals surface area contributed by atoms with Gasteiger partial charge in [0, 0.05) is 19.4 Å². The Hall–Kier alpha value is -3.06. The van der Waals surface area contributed by atoms with Gasteiger partial charge in [0.25, 0.3) is 0 Å². The molecule has 0 unspecified atom stereocenters. The zero-order valence-electron chi connectivity index (χ0n) is 27.3. The van der Waals surface area contributed by atoms with Crippen molar-refractivity contribution in [1.82, 2.24) is 10.6 Å². The van der Waals surface area contributed by atoms with Crippen molar-refractivity contribution in [2.45, 2.75) is 118 Å². The summed E-state index contributed by atoms with van der Waals surface area (Å²) in [7, 11) is 0. The van der Waals surface area contributed by atoms with Crippen LogP contribution in [0.5, 0.6) is 11.5 Å². The van der Waals surface area contributed by atoms with E-state index in [2.05, 4.69) is 72.9 Å². The fourth-order valence-corrected chi connectivity index (χ4v) is 4.56. The molecule has 6 N–H and O–H groups in total. The van der Waals surface area contributed by atoms with Crippen LogP contribution in [0.1, 0.15) is 115 Å². The maximum atomic E-state index is 11.6. The van der Waals surface area contributed by atoms with Crippen molar-refractivity contribution in [3.8, 4) is 11.5 Å². The third kappa shape index (κ3) is 11.4. The Bertz CT molecular complexity index is 1150. The molecule has 0 heterocycles. The lowest BCUT2D eigenvalue weighted by molar-refractivity contribution is -0.121.